The Morgan fingerprint density at radius 2 is 2.33 bits per heavy atom. The predicted octanol–water partition coefficient (Wildman–Crippen LogP) is 2.86. The fourth-order valence-electron chi connectivity index (χ4n) is 1.70. The summed E-state index contributed by atoms with van der Waals surface area (Å²) in [5.41, 5.74) is 5.41. The van der Waals surface area contributed by atoms with E-state index in [2.05, 4.69) is 43.2 Å². The van der Waals surface area contributed by atoms with E-state index in [4.69, 9.17) is 5.84 Å². The molecule has 0 aliphatic rings. The molecule has 0 aliphatic heterocycles. The van der Waals surface area contributed by atoms with E-state index in [1.54, 1.807) is 0 Å². The van der Waals surface area contributed by atoms with Crippen LogP contribution >= 0.6 is 0 Å². The van der Waals surface area contributed by atoms with Crippen molar-refractivity contribution >= 4 is 0 Å². The van der Waals surface area contributed by atoms with Crippen LogP contribution in [-0.2, 0) is 0 Å². The van der Waals surface area contributed by atoms with Gasteiger partial charge in [-0.2, -0.15) is 0 Å². The molecule has 0 saturated heterocycles. The van der Waals surface area contributed by atoms with Crippen molar-refractivity contribution in [1.82, 2.24) is 5.43 Å². The van der Waals surface area contributed by atoms with Gasteiger partial charge in [-0.25, -0.2) is 0 Å². The van der Waals surface area contributed by atoms with E-state index in [1.165, 1.54) is 11.1 Å². The number of nitrogens with two attached hydrogens (primary N) is 1. The Labute approximate surface area is 92.2 Å². The van der Waals surface area contributed by atoms with Gasteiger partial charge in [0.25, 0.3) is 0 Å². The first kappa shape index (κ1) is 12.0. The van der Waals surface area contributed by atoms with Crippen LogP contribution in [0.15, 0.2) is 36.9 Å². The Morgan fingerprint density at radius 3 is 2.93 bits per heavy atom. The minimum atomic E-state index is 0.254. The lowest BCUT2D eigenvalue weighted by Gasteiger charge is -2.16. The van der Waals surface area contributed by atoms with Crippen molar-refractivity contribution in [2.45, 2.75) is 32.2 Å². The summed E-state index contributed by atoms with van der Waals surface area (Å²) in [5.74, 6) is 5.56. The van der Waals surface area contributed by atoms with Crippen molar-refractivity contribution in [2.24, 2.45) is 5.84 Å². The average molecular weight is 204 g/mol. The monoisotopic (exact) mass is 204 g/mol. The maximum atomic E-state index is 5.56. The molecule has 0 amide bonds. The third-order valence-corrected chi connectivity index (χ3v) is 2.55. The molecule has 0 fully saturated rings. The van der Waals surface area contributed by atoms with Gasteiger partial charge >= 0.3 is 0 Å². The van der Waals surface area contributed by atoms with Gasteiger partial charge in [-0.3, -0.25) is 11.3 Å². The Balaban J connectivity index is 2.61. The molecular weight excluding hydrogens is 184 g/mol. The molecule has 0 aromatic heterocycles. The molecular formula is C13H20N2. The average Bonchev–Trinajstić information content (AvgIpc) is 2.24. The Kier molecular flexibility index (Phi) is 5.08. The van der Waals surface area contributed by atoms with Gasteiger partial charge in [-0.05, 0) is 31.7 Å². The minimum absolute atomic E-state index is 0.254. The Morgan fingerprint density at radius 1 is 1.53 bits per heavy atom. The lowest BCUT2D eigenvalue weighted by molar-refractivity contribution is 0.501. The number of unbranched alkanes of at least 4 members (excludes halogenated alkanes) is 1. The normalized spacial score (nSPS) is 12.4. The van der Waals surface area contributed by atoms with Crippen LogP contribution in [0.1, 0.15) is 36.4 Å². The zero-order valence-corrected chi connectivity index (χ0v) is 9.37. The van der Waals surface area contributed by atoms with Gasteiger partial charge in [0.1, 0.15) is 0 Å². The first-order chi connectivity index (χ1) is 7.27. The van der Waals surface area contributed by atoms with Crippen LogP contribution < -0.4 is 11.3 Å². The quantitative estimate of drug-likeness (QED) is 0.323. The summed E-state index contributed by atoms with van der Waals surface area (Å²) >= 11 is 0. The van der Waals surface area contributed by atoms with E-state index in [1.807, 2.05) is 6.08 Å². The van der Waals surface area contributed by atoms with E-state index in [0.29, 0.717) is 0 Å². The van der Waals surface area contributed by atoms with Crippen molar-refractivity contribution in [1.29, 1.82) is 0 Å². The number of benzene rings is 1. The van der Waals surface area contributed by atoms with E-state index in [9.17, 15) is 0 Å². The van der Waals surface area contributed by atoms with Crippen LogP contribution in [0.25, 0.3) is 0 Å². The third kappa shape index (κ3) is 3.86. The molecule has 15 heavy (non-hydrogen) atoms. The summed E-state index contributed by atoms with van der Waals surface area (Å²) in [5, 5.41) is 0. The predicted molar refractivity (Wildman–Crippen MR) is 65.3 cm³/mol. The second-order valence-corrected chi connectivity index (χ2v) is 3.85. The number of nitrogens with one attached hydrogen (secondary N) is 1. The number of rotatable bonds is 6. The fourth-order valence-corrected chi connectivity index (χ4v) is 1.70. The second-order valence-electron chi connectivity index (χ2n) is 3.85. The van der Waals surface area contributed by atoms with Crippen molar-refractivity contribution < 1.29 is 0 Å². The molecule has 0 heterocycles. The molecule has 2 heteroatoms. The summed E-state index contributed by atoms with van der Waals surface area (Å²) in [6.45, 7) is 5.82. The highest BCUT2D eigenvalue weighted by atomic mass is 15.2. The highest BCUT2D eigenvalue weighted by Crippen LogP contribution is 2.19. The molecule has 1 unspecified atom stereocenters. The fraction of sp³-hybridized carbons (Fsp3) is 0.385. The maximum Gasteiger partial charge on any atom is 0.0460 e. The van der Waals surface area contributed by atoms with Crippen LogP contribution in [0, 0.1) is 6.92 Å². The van der Waals surface area contributed by atoms with Crippen LogP contribution in [0.4, 0.5) is 0 Å². The number of allylic oxidation sites excluding steroid dienone is 1. The van der Waals surface area contributed by atoms with Crippen LogP contribution in [-0.4, -0.2) is 0 Å². The molecule has 0 saturated carbocycles. The summed E-state index contributed by atoms with van der Waals surface area (Å²) in [7, 11) is 0. The first-order valence-corrected chi connectivity index (χ1v) is 5.41. The molecule has 1 rings (SSSR count). The summed E-state index contributed by atoms with van der Waals surface area (Å²) < 4.78 is 0. The Bertz CT molecular complexity index is 307. The zero-order chi connectivity index (χ0) is 11.1. The molecule has 1 atom stereocenters. The van der Waals surface area contributed by atoms with E-state index in [-0.39, 0.29) is 6.04 Å². The lowest BCUT2D eigenvalue weighted by Crippen LogP contribution is -2.27. The molecule has 2 nitrogen and oxygen atoms in total. The third-order valence-electron chi connectivity index (χ3n) is 2.55. The highest BCUT2D eigenvalue weighted by Gasteiger charge is 2.08. The van der Waals surface area contributed by atoms with Gasteiger partial charge in [0.15, 0.2) is 0 Å². The van der Waals surface area contributed by atoms with Crippen molar-refractivity contribution in [3.8, 4) is 0 Å². The molecule has 3 N–H and O–H groups in total. The summed E-state index contributed by atoms with van der Waals surface area (Å²) in [4.78, 5) is 0. The largest absolute Gasteiger partial charge is 0.271 e. The smallest absolute Gasteiger partial charge is 0.0460 e. The summed E-state index contributed by atoms with van der Waals surface area (Å²) in [6.07, 6.45) is 5.16. The van der Waals surface area contributed by atoms with E-state index >= 15 is 0 Å². The van der Waals surface area contributed by atoms with Gasteiger partial charge < -0.3 is 0 Å². The van der Waals surface area contributed by atoms with E-state index < -0.39 is 0 Å². The number of hydrogen-bond acceptors (Lipinski definition) is 2. The number of aryl methyl sites for hydroxylation is 1. The SMILES string of the molecule is C=CCCCC(NN)c1cccc(C)c1. The van der Waals surface area contributed by atoms with Gasteiger partial charge in [0.05, 0.1) is 0 Å². The van der Waals surface area contributed by atoms with Gasteiger partial charge in [-0.1, -0.05) is 35.9 Å². The zero-order valence-electron chi connectivity index (χ0n) is 9.37. The van der Waals surface area contributed by atoms with Gasteiger partial charge in [0.2, 0.25) is 0 Å². The van der Waals surface area contributed by atoms with Gasteiger partial charge in [0, 0.05) is 6.04 Å². The molecule has 0 aliphatic carbocycles. The minimum Gasteiger partial charge on any atom is -0.271 e. The summed E-state index contributed by atoms with van der Waals surface area (Å²) in [6, 6.07) is 8.72. The standard InChI is InChI=1S/C13H20N2/c1-3-4-5-9-13(15-14)12-8-6-7-11(2)10-12/h3,6-8,10,13,15H,1,4-5,9,14H2,2H3. The lowest BCUT2D eigenvalue weighted by atomic mass is 10.00. The molecule has 0 radical (unpaired) electrons. The Hall–Kier alpha value is -1.12. The van der Waals surface area contributed by atoms with Gasteiger partial charge in [-0.15, -0.1) is 6.58 Å². The highest BCUT2D eigenvalue weighted by molar-refractivity contribution is 5.24. The number of hydrogen-bond donors (Lipinski definition) is 2. The number of hydrazine groups is 1. The molecule has 0 bridgehead atoms. The van der Waals surface area contributed by atoms with Crippen molar-refractivity contribution in [2.75, 3.05) is 0 Å². The van der Waals surface area contributed by atoms with Crippen LogP contribution in [0.3, 0.4) is 0 Å². The van der Waals surface area contributed by atoms with Crippen molar-refractivity contribution in [3.63, 3.8) is 0 Å². The maximum absolute atomic E-state index is 5.56. The topological polar surface area (TPSA) is 38.0 Å². The molecule has 1 aromatic rings. The van der Waals surface area contributed by atoms with Crippen LogP contribution in [0.5, 0.6) is 0 Å². The van der Waals surface area contributed by atoms with E-state index in [0.717, 1.165) is 19.3 Å². The van der Waals surface area contributed by atoms with Crippen molar-refractivity contribution in [3.05, 3.63) is 48.0 Å². The molecule has 82 valence electrons. The second kappa shape index (κ2) is 6.38. The van der Waals surface area contributed by atoms with Crippen LogP contribution in [0.2, 0.25) is 0 Å². The molecule has 1 aromatic carbocycles. The molecule has 0 spiro atoms. The first-order valence-electron chi connectivity index (χ1n) is 5.41.